The van der Waals surface area contributed by atoms with Crippen LogP contribution in [0, 0.1) is 12.3 Å². The largest absolute Gasteiger partial charge is 0.370 e. The lowest BCUT2D eigenvalue weighted by molar-refractivity contribution is -0.135. The molecule has 1 amide bonds. The van der Waals surface area contributed by atoms with Crippen molar-refractivity contribution in [3.05, 3.63) is 71.3 Å². The molecule has 5 heteroatoms. The summed E-state index contributed by atoms with van der Waals surface area (Å²) in [5.74, 6) is 0.439. The summed E-state index contributed by atoms with van der Waals surface area (Å²) in [6.45, 7) is 6.17. The summed E-state index contributed by atoms with van der Waals surface area (Å²) in [7, 11) is 0. The van der Waals surface area contributed by atoms with E-state index in [-0.39, 0.29) is 17.2 Å². The standard InChI is InChI=1S/C25H27N3O2/c1-16-9-11-17(12-10-16)19-13-25(30)15-24(2,3)14-20(29)28(25)23-21(19)22(26-27-23)18-7-5-4-6-8-18/h4-12,19,30H,13-15H2,1-3H3,(H,26,27)/t19-,25-/m0/s1. The Balaban J connectivity index is 1.72. The quantitative estimate of drug-likeness (QED) is 0.650. The highest BCUT2D eigenvalue weighted by molar-refractivity contribution is 5.97. The number of H-pyrrole nitrogens is 1. The number of aliphatic hydroxyl groups is 1. The predicted molar refractivity (Wildman–Crippen MR) is 117 cm³/mol. The Kier molecular flexibility index (Phi) is 4.16. The molecule has 0 radical (unpaired) electrons. The number of rotatable bonds is 2. The molecule has 2 N–H and O–H groups in total. The lowest BCUT2D eigenvalue weighted by atomic mass is 9.70. The number of aryl methyl sites for hydroxylation is 1. The number of aromatic amines is 1. The summed E-state index contributed by atoms with van der Waals surface area (Å²) in [6.07, 6.45) is 1.39. The summed E-state index contributed by atoms with van der Waals surface area (Å²) >= 11 is 0. The fourth-order valence-electron chi connectivity index (χ4n) is 5.29. The Hall–Kier alpha value is -2.92. The third-order valence-corrected chi connectivity index (χ3v) is 6.47. The van der Waals surface area contributed by atoms with Crippen molar-refractivity contribution >= 4 is 11.7 Å². The first-order valence-corrected chi connectivity index (χ1v) is 10.5. The molecule has 1 aromatic heterocycles. The molecule has 5 rings (SSSR count). The molecular weight excluding hydrogens is 374 g/mol. The molecule has 3 heterocycles. The zero-order chi connectivity index (χ0) is 21.1. The van der Waals surface area contributed by atoms with Crippen LogP contribution in [0.3, 0.4) is 0 Å². The number of carbonyl (C=O) groups is 1. The van der Waals surface area contributed by atoms with Crippen molar-refractivity contribution < 1.29 is 9.90 Å². The van der Waals surface area contributed by atoms with E-state index in [1.165, 1.54) is 5.56 Å². The zero-order valence-electron chi connectivity index (χ0n) is 17.6. The van der Waals surface area contributed by atoms with Gasteiger partial charge in [0.2, 0.25) is 5.91 Å². The number of nitrogens with zero attached hydrogens (tertiary/aromatic N) is 2. The molecule has 30 heavy (non-hydrogen) atoms. The van der Waals surface area contributed by atoms with Crippen LogP contribution in [0.5, 0.6) is 0 Å². The molecule has 0 aliphatic carbocycles. The predicted octanol–water partition coefficient (Wildman–Crippen LogP) is 4.76. The maximum atomic E-state index is 13.2. The van der Waals surface area contributed by atoms with Crippen LogP contribution in [0.1, 0.15) is 55.7 Å². The van der Waals surface area contributed by atoms with Gasteiger partial charge in [-0.3, -0.25) is 14.8 Å². The van der Waals surface area contributed by atoms with Crippen molar-refractivity contribution in [2.24, 2.45) is 5.41 Å². The van der Waals surface area contributed by atoms with E-state index in [2.05, 4.69) is 55.2 Å². The van der Waals surface area contributed by atoms with Crippen LogP contribution in [-0.4, -0.2) is 26.9 Å². The monoisotopic (exact) mass is 401 g/mol. The molecule has 2 aliphatic rings. The van der Waals surface area contributed by atoms with E-state index in [1.54, 1.807) is 4.90 Å². The SMILES string of the molecule is Cc1ccc([C@@H]2C[C@]3(O)CC(C)(C)CC(=O)N3c3n[nH]c(-c4ccccc4)c32)cc1. The third kappa shape index (κ3) is 2.96. The van der Waals surface area contributed by atoms with E-state index in [1.807, 2.05) is 30.3 Å². The maximum Gasteiger partial charge on any atom is 0.231 e. The van der Waals surface area contributed by atoms with E-state index in [0.29, 0.717) is 25.1 Å². The Morgan fingerprint density at radius 3 is 2.50 bits per heavy atom. The molecule has 1 fully saturated rings. The van der Waals surface area contributed by atoms with Gasteiger partial charge in [0.05, 0.1) is 5.69 Å². The molecule has 154 valence electrons. The number of hydrogen-bond acceptors (Lipinski definition) is 3. The lowest BCUT2D eigenvalue weighted by Crippen LogP contribution is -2.61. The van der Waals surface area contributed by atoms with Crippen LogP contribution < -0.4 is 4.90 Å². The van der Waals surface area contributed by atoms with Crippen molar-refractivity contribution in [1.29, 1.82) is 0 Å². The second-order valence-electron chi connectivity index (χ2n) is 9.60. The van der Waals surface area contributed by atoms with Crippen molar-refractivity contribution in [3.63, 3.8) is 0 Å². The average molecular weight is 402 g/mol. The van der Waals surface area contributed by atoms with Crippen molar-refractivity contribution in [2.75, 3.05) is 4.90 Å². The molecule has 2 aromatic carbocycles. The second kappa shape index (κ2) is 6.54. The number of nitrogens with one attached hydrogen (secondary N) is 1. The normalized spacial score (nSPS) is 25.0. The molecule has 0 unspecified atom stereocenters. The molecule has 0 bridgehead atoms. The third-order valence-electron chi connectivity index (χ3n) is 6.47. The summed E-state index contributed by atoms with van der Waals surface area (Å²) in [5.41, 5.74) is 3.75. The fourth-order valence-corrected chi connectivity index (χ4v) is 5.29. The maximum absolute atomic E-state index is 13.2. The van der Waals surface area contributed by atoms with Gasteiger partial charge in [-0.15, -0.1) is 0 Å². The topological polar surface area (TPSA) is 69.2 Å². The van der Waals surface area contributed by atoms with Gasteiger partial charge in [0.25, 0.3) is 0 Å². The average Bonchev–Trinajstić information content (AvgIpc) is 3.11. The number of amides is 1. The number of carbonyl (C=O) groups excluding carboxylic acids is 1. The molecule has 3 aromatic rings. The van der Waals surface area contributed by atoms with Gasteiger partial charge >= 0.3 is 0 Å². The Morgan fingerprint density at radius 1 is 1.10 bits per heavy atom. The van der Waals surface area contributed by atoms with Gasteiger partial charge in [-0.05, 0) is 23.5 Å². The van der Waals surface area contributed by atoms with Crippen LogP contribution in [0.15, 0.2) is 54.6 Å². The minimum absolute atomic E-state index is 0.0579. The van der Waals surface area contributed by atoms with Gasteiger partial charge in [0, 0.05) is 30.7 Å². The minimum Gasteiger partial charge on any atom is -0.370 e. The first kappa shape index (κ1) is 19.1. The Morgan fingerprint density at radius 2 is 1.80 bits per heavy atom. The van der Waals surface area contributed by atoms with Gasteiger partial charge in [-0.25, -0.2) is 0 Å². The van der Waals surface area contributed by atoms with Crippen molar-refractivity contribution in [3.8, 4) is 11.3 Å². The summed E-state index contributed by atoms with van der Waals surface area (Å²) < 4.78 is 0. The van der Waals surface area contributed by atoms with Crippen molar-refractivity contribution in [1.82, 2.24) is 10.2 Å². The Labute approximate surface area is 176 Å². The lowest BCUT2D eigenvalue weighted by Gasteiger charge is -2.52. The highest BCUT2D eigenvalue weighted by atomic mass is 16.3. The number of aromatic nitrogens is 2. The summed E-state index contributed by atoms with van der Waals surface area (Å²) in [6, 6.07) is 18.5. The molecule has 0 spiro atoms. The number of fused-ring (bicyclic) bond motifs is 3. The fraction of sp³-hybridized carbons (Fsp3) is 0.360. The van der Waals surface area contributed by atoms with Gasteiger partial charge in [-0.1, -0.05) is 74.0 Å². The van der Waals surface area contributed by atoms with Crippen molar-refractivity contribution in [2.45, 2.75) is 51.7 Å². The van der Waals surface area contributed by atoms with Crippen LogP contribution in [0.25, 0.3) is 11.3 Å². The number of anilines is 1. The second-order valence-corrected chi connectivity index (χ2v) is 9.60. The number of piperidine rings is 1. The first-order valence-electron chi connectivity index (χ1n) is 10.5. The molecular formula is C25H27N3O2. The molecule has 0 saturated carbocycles. The summed E-state index contributed by atoms with van der Waals surface area (Å²) in [5, 5.41) is 19.5. The first-order chi connectivity index (χ1) is 14.3. The molecule has 5 nitrogen and oxygen atoms in total. The van der Waals surface area contributed by atoms with Crippen LogP contribution in [0.2, 0.25) is 0 Å². The molecule has 1 saturated heterocycles. The van der Waals surface area contributed by atoms with Gasteiger partial charge in [0.1, 0.15) is 5.72 Å². The number of benzene rings is 2. The van der Waals surface area contributed by atoms with Gasteiger partial charge < -0.3 is 5.11 Å². The highest BCUT2D eigenvalue weighted by Gasteiger charge is 2.55. The van der Waals surface area contributed by atoms with E-state index in [0.717, 1.165) is 22.4 Å². The minimum atomic E-state index is -1.25. The number of hydrogen-bond donors (Lipinski definition) is 2. The summed E-state index contributed by atoms with van der Waals surface area (Å²) in [4.78, 5) is 14.7. The van der Waals surface area contributed by atoms with E-state index >= 15 is 0 Å². The molecule has 2 aliphatic heterocycles. The van der Waals surface area contributed by atoms with Gasteiger partial charge in [-0.2, -0.15) is 5.10 Å². The molecule has 2 atom stereocenters. The zero-order valence-corrected chi connectivity index (χ0v) is 17.6. The van der Waals surface area contributed by atoms with Gasteiger partial charge in [0.15, 0.2) is 5.82 Å². The van der Waals surface area contributed by atoms with Crippen LogP contribution >= 0.6 is 0 Å². The van der Waals surface area contributed by atoms with E-state index in [9.17, 15) is 9.90 Å². The van der Waals surface area contributed by atoms with E-state index in [4.69, 9.17) is 0 Å². The highest BCUT2D eigenvalue weighted by Crippen LogP contribution is 2.54. The smallest absolute Gasteiger partial charge is 0.231 e. The van der Waals surface area contributed by atoms with Crippen LogP contribution in [-0.2, 0) is 4.79 Å². The Bertz CT molecular complexity index is 1100. The van der Waals surface area contributed by atoms with Crippen LogP contribution in [0.4, 0.5) is 5.82 Å². The van der Waals surface area contributed by atoms with E-state index < -0.39 is 5.72 Å².